The Kier molecular flexibility index (Phi) is 5.29. The van der Waals surface area contributed by atoms with Gasteiger partial charge in [-0.25, -0.2) is 4.98 Å². The van der Waals surface area contributed by atoms with Crippen LogP contribution in [0.2, 0.25) is 5.02 Å². The molecule has 0 aliphatic rings. The van der Waals surface area contributed by atoms with E-state index in [-0.39, 0.29) is 11.7 Å². The number of carbonyl (C=O) groups is 2. The minimum atomic E-state index is -0.321. The molecule has 0 atom stereocenters. The molecular weight excluding hydrogens is 408 g/mol. The number of rotatable bonds is 5. The standard InChI is InChI=1S/C22H15ClN2O3S/c1-28-17-12-11-16(23)20-18(17)24-22(29-20)25-21(27)15-9-7-14(8-10-15)19(26)13-5-3-2-4-6-13/h2-12H,1H3,(H,24,25,27). The van der Waals surface area contributed by atoms with E-state index in [0.29, 0.717) is 38.1 Å². The number of methoxy groups -OCH3 is 1. The van der Waals surface area contributed by atoms with Crippen LogP contribution in [0, 0.1) is 0 Å². The summed E-state index contributed by atoms with van der Waals surface area (Å²) in [5, 5.41) is 3.74. The summed E-state index contributed by atoms with van der Waals surface area (Å²) in [6.45, 7) is 0. The highest BCUT2D eigenvalue weighted by molar-refractivity contribution is 7.23. The molecule has 0 aliphatic carbocycles. The van der Waals surface area contributed by atoms with Crippen molar-refractivity contribution in [1.29, 1.82) is 0 Å². The lowest BCUT2D eigenvalue weighted by molar-refractivity contribution is 0.102. The third-order valence-corrected chi connectivity index (χ3v) is 5.78. The molecule has 0 spiro atoms. The summed E-state index contributed by atoms with van der Waals surface area (Å²) in [4.78, 5) is 29.5. The van der Waals surface area contributed by atoms with Gasteiger partial charge >= 0.3 is 0 Å². The number of anilines is 1. The zero-order valence-corrected chi connectivity index (χ0v) is 16.9. The summed E-state index contributed by atoms with van der Waals surface area (Å²) in [6.07, 6.45) is 0. The smallest absolute Gasteiger partial charge is 0.257 e. The van der Waals surface area contributed by atoms with Gasteiger partial charge in [0.15, 0.2) is 10.9 Å². The van der Waals surface area contributed by atoms with Crippen molar-refractivity contribution in [3.05, 3.63) is 88.4 Å². The van der Waals surface area contributed by atoms with Gasteiger partial charge in [-0.1, -0.05) is 65.4 Å². The summed E-state index contributed by atoms with van der Waals surface area (Å²) in [6, 6.07) is 19.0. The summed E-state index contributed by atoms with van der Waals surface area (Å²) in [5.74, 6) is 0.174. The van der Waals surface area contributed by atoms with Gasteiger partial charge in [0.05, 0.1) is 16.8 Å². The highest BCUT2D eigenvalue weighted by Gasteiger charge is 2.15. The molecule has 1 N–H and O–H groups in total. The fraction of sp³-hybridized carbons (Fsp3) is 0.0455. The van der Waals surface area contributed by atoms with Crippen molar-refractivity contribution < 1.29 is 14.3 Å². The van der Waals surface area contributed by atoms with Crippen LogP contribution in [0.25, 0.3) is 10.2 Å². The van der Waals surface area contributed by atoms with E-state index in [9.17, 15) is 9.59 Å². The van der Waals surface area contributed by atoms with E-state index in [1.807, 2.05) is 18.2 Å². The van der Waals surface area contributed by atoms with Crippen LogP contribution >= 0.6 is 22.9 Å². The lowest BCUT2D eigenvalue weighted by atomic mass is 10.0. The number of thiazole rings is 1. The van der Waals surface area contributed by atoms with Crippen molar-refractivity contribution in [3.8, 4) is 5.75 Å². The predicted octanol–water partition coefficient (Wildman–Crippen LogP) is 5.44. The van der Waals surface area contributed by atoms with Crippen molar-refractivity contribution in [3.63, 3.8) is 0 Å². The molecule has 0 unspecified atom stereocenters. The van der Waals surface area contributed by atoms with Crippen LogP contribution in [0.5, 0.6) is 5.75 Å². The number of carbonyl (C=O) groups excluding carboxylic acids is 2. The van der Waals surface area contributed by atoms with Gasteiger partial charge in [0.1, 0.15) is 11.3 Å². The molecule has 0 bridgehead atoms. The van der Waals surface area contributed by atoms with Crippen LogP contribution in [0.15, 0.2) is 66.7 Å². The fourth-order valence-electron chi connectivity index (χ4n) is 2.87. The minimum absolute atomic E-state index is 0.0922. The summed E-state index contributed by atoms with van der Waals surface area (Å²) in [5.41, 5.74) is 2.14. The number of fused-ring (bicyclic) bond motifs is 1. The number of hydrogen-bond acceptors (Lipinski definition) is 5. The second kappa shape index (κ2) is 8.03. The first-order valence-electron chi connectivity index (χ1n) is 8.71. The topological polar surface area (TPSA) is 68.3 Å². The van der Waals surface area contributed by atoms with E-state index in [0.717, 1.165) is 4.70 Å². The zero-order chi connectivity index (χ0) is 20.4. The number of amides is 1. The first kappa shape index (κ1) is 19.1. The van der Waals surface area contributed by atoms with Crippen LogP contribution in [-0.2, 0) is 0 Å². The first-order valence-corrected chi connectivity index (χ1v) is 9.90. The summed E-state index contributed by atoms with van der Waals surface area (Å²) >= 11 is 7.49. The Morgan fingerprint density at radius 1 is 0.931 bits per heavy atom. The number of aromatic nitrogens is 1. The maximum Gasteiger partial charge on any atom is 0.257 e. The largest absolute Gasteiger partial charge is 0.494 e. The molecule has 4 rings (SSSR count). The molecule has 0 aliphatic heterocycles. The molecule has 1 amide bonds. The number of ketones is 1. The zero-order valence-electron chi connectivity index (χ0n) is 15.3. The van der Waals surface area contributed by atoms with Gasteiger partial charge in [0.25, 0.3) is 5.91 Å². The van der Waals surface area contributed by atoms with Gasteiger partial charge < -0.3 is 4.74 Å². The molecule has 0 radical (unpaired) electrons. The second-order valence-electron chi connectivity index (χ2n) is 6.17. The van der Waals surface area contributed by atoms with Gasteiger partial charge in [-0.3, -0.25) is 14.9 Å². The third-order valence-electron chi connectivity index (χ3n) is 4.34. The monoisotopic (exact) mass is 422 g/mol. The highest BCUT2D eigenvalue weighted by atomic mass is 35.5. The van der Waals surface area contributed by atoms with Crippen LogP contribution < -0.4 is 10.1 Å². The van der Waals surface area contributed by atoms with Gasteiger partial charge in [-0.2, -0.15) is 0 Å². The molecule has 0 fully saturated rings. The SMILES string of the molecule is COc1ccc(Cl)c2sc(NC(=O)c3ccc(C(=O)c4ccccc4)cc3)nc12. The quantitative estimate of drug-likeness (QED) is 0.435. The van der Waals surface area contributed by atoms with E-state index in [4.69, 9.17) is 16.3 Å². The number of nitrogens with zero attached hydrogens (tertiary/aromatic N) is 1. The number of hydrogen-bond donors (Lipinski definition) is 1. The van der Waals surface area contributed by atoms with Crippen LogP contribution in [0.1, 0.15) is 26.3 Å². The highest BCUT2D eigenvalue weighted by Crippen LogP contribution is 2.37. The number of ether oxygens (including phenoxy) is 1. The van der Waals surface area contributed by atoms with E-state index in [2.05, 4.69) is 10.3 Å². The fourth-order valence-corrected chi connectivity index (χ4v) is 4.02. The number of nitrogens with one attached hydrogen (secondary N) is 1. The normalized spacial score (nSPS) is 10.7. The Balaban J connectivity index is 1.54. The minimum Gasteiger partial charge on any atom is -0.494 e. The molecule has 144 valence electrons. The first-order chi connectivity index (χ1) is 14.1. The lowest BCUT2D eigenvalue weighted by Gasteiger charge is -2.04. The number of halogens is 1. The van der Waals surface area contributed by atoms with Gasteiger partial charge in [-0.05, 0) is 24.3 Å². The predicted molar refractivity (Wildman–Crippen MR) is 115 cm³/mol. The van der Waals surface area contributed by atoms with E-state index < -0.39 is 0 Å². The van der Waals surface area contributed by atoms with E-state index >= 15 is 0 Å². The Hall–Kier alpha value is -3.22. The lowest BCUT2D eigenvalue weighted by Crippen LogP contribution is -2.12. The van der Waals surface area contributed by atoms with Crippen LogP contribution in [0.3, 0.4) is 0 Å². The average molecular weight is 423 g/mol. The molecule has 5 nitrogen and oxygen atoms in total. The molecule has 0 saturated heterocycles. The summed E-state index contributed by atoms with van der Waals surface area (Å²) in [7, 11) is 1.55. The molecular formula is C22H15ClN2O3S. The van der Waals surface area contributed by atoms with Gasteiger partial charge in [0.2, 0.25) is 0 Å². The molecule has 1 aromatic heterocycles. The van der Waals surface area contributed by atoms with Gasteiger partial charge in [-0.15, -0.1) is 0 Å². The maximum absolute atomic E-state index is 12.6. The van der Waals surface area contributed by atoms with E-state index in [1.54, 1.807) is 55.6 Å². The van der Waals surface area contributed by atoms with E-state index in [1.165, 1.54) is 11.3 Å². The van der Waals surface area contributed by atoms with Crippen molar-refractivity contribution >= 4 is 50.0 Å². The van der Waals surface area contributed by atoms with Crippen LogP contribution in [-0.4, -0.2) is 23.8 Å². The molecule has 29 heavy (non-hydrogen) atoms. The molecule has 7 heteroatoms. The Morgan fingerprint density at radius 3 is 2.28 bits per heavy atom. The summed E-state index contributed by atoms with van der Waals surface area (Å²) < 4.78 is 6.04. The van der Waals surface area contributed by atoms with Crippen molar-refractivity contribution in [2.75, 3.05) is 12.4 Å². The Bertz CT molecular complexity index is 1200. The molecule has 0 saturated carbocycles. The average Bonchev–Trinajstić information content (AvgIpc) is 3.19. The Labute approximate surface area is 175 Å². The van der Waals surface area contributed by atoms with Crippen LogP contribution in [0.4, 0.5) is 5.13 Å². The number of benzene rings is 3. The third kappa shape index (κ3) is 3.85. The van der Waals surface area contributed by atoms with Crippen molar-refractivity contribution in [1.82, 2.24) is 4.98 Å². The Morgan fingerprint density at radius 2 is 1.59 bits per heavy atom. The molecule has 4 aromatic rings. The van der Waals surface area contributed by atoms with Crippen molar-refractivity contribution in [2.24, 2.45) is 0 Å². The molecule has 3 aromatic carbocycles. The van der Waals surface area contributed by atoms with Crippen molar-refractivity contribution in [2.45, 2.75) is 0 Å². The second-order valence-corrected chi connectivity index (χ2v) is 7.58. The maximum atomic E-state index is 12.6. The van der Waals surface area contributed by atoms with Gasteiger partial charge in [0, 0.05) is 16.7 Å². The molecule has 1 heterocycles.